The minimum atomic E-state index is -3.13. The Morgan fingerprint density at radius 1 is 1.31 bits per heavy atom. The highest BCUT2D eigenvalue weighted by Crippen LogP contribution is 2.32. The molecule has 0 saturated heterocycles. The highest BCUT2D eigenvalue weighted by molar-refractivity contribution is 7.92. The highest BCUT2D eigenvalue weighted by atomic mass is 32.2. The molecule has 0 spiro atoms. The zero-order valence-electron chi connectivity index (χ0n) is 9.90. The van der Waals surface area contributed by atoms with Gasteiger partial charge in [-0.3, -0.25) is 4.31 Å². The van der Waals surface area contributed by atoms with Gasteiger partial charge in [0, 0.05) is 6.54 Å². The standard InChI is InChI=1S/C12H17NO2S/c1-9(2)11-5-4-10-6-7-13(12(10)8-11)16(3,14)15/h4-5,8-9H,6-7H2,1-3H3. The lowest BCUT2D eigenvalue weighted by atomic mass is 10.0. The maximum atomic E-state index is 11.6. The number of anilines is 1. The smallest absolute Gasteiger partial charge is 0.232 e. The van der Waals surface area contributed by atoms with Gasteiger partial charge >= 0.3 is 0 Å². The molecule has 0 unspecified atom stereocenters. The van der Waals surface area contributed by atoms with Crippen LogP contribution in [0.4, 0.5) is 5.69 Å². The topological polar surface area (TPSA) is 37.4 Å². The molecule has 1 heterocycles. The average Bonchev–Trinajstić information content (AvgIpc) is 2.58. The van der Waals surface area contributed by atoms with Crippen LogP contribution in [-0.2, 0) is 16.4 Å². The van der Waals surface area contributed by atoms with Crippen LogP contribution in [0, 0.1) is 0 Å². The van der Waals surface area contributed by atoms with Gasteiger partial charge in [-0.25, -0.2) is 8.42 Å². The van der Waals surface area contributed by atoms with E-state index in [1.54, 1.807) is 0 Å². The van der Waals surface area contributed by atoms with Gasteiger partial charge in [-0.1, -0.05) is 26.0 Å². The zero-order chi connectivity index (χ0) is 11.9. The highest BCUT2D eigenvalue weighted by Gasteiger charge is 2.26. The molecule has 16 heavy (non-hydrogen) atoms. The van der Waals surface area contributed by atoms with Crippen molar-refractivity contribution in [3.05, 3.63) is 29.3 Å². The van der Waals surface area contributed by atoms with Crippen molar-refractivity contribution in [2.24, 2.45) is 0 Å². The van der Waals surface area contributed by atoms with Crippen LogP contribution in [0.1, 0.15) is 30.9 Å². The summed E-state index contributed by atoms with van der Waals surface area (Å²) >= 11 is 0. The molecule has 2 rings (SSSR count). The van der Waals surface area contributed by atoms with E-state index in [0.29, 0.717) is 12.5 Å². The number of benzene rings is 1. The van der Waals surface area contributed by atoms with Crippen molar-refractivity contribution in [1.29, 1.82) is 0 Å². The Hall–Kier alpha value is -1.03. The Morgan fingerprint density at radius 2 is 2.00 bits per heavy atom. The molecule has 0 amide bonds. The molecule has 0 aliphatic carbocycles. The van der Waals surface area contributed by atoms with E-state index in [0.717, 1.165) is 17.7 Å². The van der Waals surface area contributed by atoms with Gasteiger partial charge in [-0.05, 0) is 29.5 Å². The molecule has 0 fully saturated rings. The van der Waals surface area contributed by atoms with Crippen molar-refractivity contribution in [2.45, 2.75) is 26.2 Å². The Balaban J connectivity index is 2.49. The molecule has 0 aromatic heterocycles. The Labute approximate surface area is 97.1 Å². The first kappa shape index (κ1) is 11.5. The van der Waals surface area contributed by atoms with Gasteiger partial charge in [-0.15, -0.1) is 0 Å². The Kier molecular flexibility index (Phi) is 2.70. The van der Waals surface area contributed by atoms with Gasteiger partial charge in [0.15, 0.2) is 0 Å². The lowest BCUT2D eigenvalue weighted by Gasteiger charge is -2.17. The molecule has 1 aromatic rings. The fourth-order valence-corrected chi connectivity index (χ4v) is 3.02. The SMILES string of the molecule is CC(C)c1ccc2c(c1)N(S(C)(=O)=O)CC2. The van der Waals surface area contributed by atoms with Crippen molar-refractivity contribution in [3.8, 4) is 0 Å². The van der Waals surface area contributed by atoms with Crippen molar-refractivity contribution in [2.75, 3.05) is 17.1 Å². The fraction of sp³-hybridized carbons (Fsp3) is 0.500. The summed E-state index contributed by atoms with van der Waals surface area (Å²) in [5, 5.41) is 0. The monoisotopic (exact) mass is 239 g/mol. The molecule has 4 heteroatoms. The van der Waals surface area contributed by atoms with Gasteiger partial charge in [0.2, 0.25) is 10.0 Å². The average molecular weight is 239 g/mol. The third-order valence-corrected chi connectivity index (χ3v) is 4.21. The number of sulfonamides is 1. The van der Waals surface area contributed by atoms with Gasteiger partial charge in [0.25, 0.3) is 0 Å². The molecule has 0 bridgehead atoms. The summed E-state index contributed by atoms with van der Waals surface area (Å²) in [5.41, 5.74) is 3.19. The number of fused-ring (bicyclic) bond motifs is 1. The summed E-state index contributed by atoms with van der Waals surface area (Å²) in [7, 11) is -3.13. The van der Waals surface area contributed by atoms with Crippen LogP contribution in [0.15, 0.2) is 18.2 Å². The predicted molar refractivity (Wildman–Crippen MR) is 66.4 cm³/mol. The fourth-order valence-electron chi connectivity index (χ4n) is 2.07. The maximum Gasteiger partial charge on any atom is 0.232 e. The largest absolute Gasteiger partial charge is 0.270 e. The molecule has 1 aromatic carbocycles. The summed E-state index contributed by atoms with van der Waals surface area (Å²) in [6, 6.07) is 6.15. The Bertz CT molecular complexity index is 506. The molecular formula is C12H17NO2S. The van der Waals surface area contributed by atoms with Gasteiger partial charge in [0.05, 0.1) is 11.9 Å². The van der Waals surface area contributed by atoms with Crippen LogP contribution in [-0.4, -0.2) is 21.2 Å². The maximum absolute atomic E-state index is 11.6. The van der Waals surface area contributed by atoms with Gasteiger partial charge in [-0.2, -0.15) is 0 Å². The number of hydrogen-bond donors (Lipinski definition) is 0. The van der Waals surface area contributed by atoms with E-state index in [9.17, 15) is 8.42 Å². The molecule has 3 nitrogen and oxygen atoms in total. The molecule has 1 aliphatic heterocycles. The number of nitrogens with zero attached hydrogens (tertiary/aromatic N) is 1. The second-order valence-corrected chi connectivity index (χ2v) is 6.53. The molecule has 0 N–H and O–H groups in total. The summed E-state index contributed by atoms with van der Waals surface area (Å²) in [6.07, 6.45) is 2.09. The molecule has 88 valence electrons. The Morgan fingerprint density at radius 3 is 2.56 bits per heavy atom. The van der Waals surface area contributed by atoms with Crippen LogP contribution < -0.4 is 4.31 Å². The summed E-state index contributed by atoms with van der Waals surface area (Å²) in [5.74, 6) is 0.423. The lowest BCUT2D eigenvalue weighted by molar-refractivity contribution is 0.598. The molecule has 1 aliphatic rings. The third kappa shape index (κ3) is 1.94. The number of rotatable bonds is 2. The summed E-state index contributed by atoms with van der Waals surface area (Å²) in [6.45, 7) is 4.80. The quantitative estimate of drug-likeness (QED) is 0.793. The minimum Gasteiger partial charge on any atom is -0.270 e. The van der Waals surface area contributed by atoms with Crippen molar-refractivity contribution < 1.29 is 8.42 Å². The van der Waals surface area contributed by atoms with Gasteiger partial charge < -0.3 is 0 Å². The van der Waals surface area contributed by atoms with Crippen molar-refractivity contribution >= 4 is 15.7 Å². The van der Waals surface area contributed by atoms with Crippen LogP contribution in [0.5, 0.6) is 0 Å². The van der Waals surface area contributed by atoms with Crippen molar-refractivity contribution in [3.63, 3.8) is 0 Å². The first-order valence-electron chi connectivity index (χ1n) is 5.50. The molecular weight excluding hydrogens is 222 g/mol. The van der Waals surface area contributed by atoms with E-state index in [4.69, 9.17) is 0 Å². The predicted octanol–water partition coefficient (Wildman–Crippen LogP) is 2.13. The van der Waals surface area contributed by atoms with Crippen molar-refractivity contribution in [1.82, 2.24) is 0 Å². The van der Waals surface area contributed by atoms with Gasteiger partial charge in [0.1, 0.15) is 0 Å². The minimum absolute atomic E-state index is 0.423. The first-order chi connectivity index (χ1) is 7.39. The molecule has 0 saturated carbocycles. The first-order valence-corrected chi connectivity index (χ1v) is 7.35. The normalized spacial score (nSPS) is 15.6. The summed E-state index contributed by atoms with van der Waals surface area (Å²) in [4.78, 5) is 0. The van der Waals surface area contributed by atoms with Crippen LogP contribution in [0.2, 0.25) is 0 Å². The third-order valence-electron chi connectivity index (χ3n) is 3.03. The van der Waals surface area contributed by atoms with Crippen LogP contribution >= 0.6 is 0 Å². The van der Waals surface area contributed by atoms with E-state index in [1.165, 1.54) is 16.1 Å². The second kappa shape index (κ2) is 3.77. The van der Waals surface area contributed by atoms with E-state index in [1.807, 2.05) is 6.07 Å². The van der Waals surface area contributed by atoms with E-state index in [-0.39, 0.29) is 0 Å². The van der Waals surface area contributed by atoms with E-state index >= 15 is 0 Å². The van der Waals surface area contributed by atoms with Crippen LogP contribution in [0.25, 0.3) is 0 Å². The second-order valence-electron chi connectivity index (χ2n) is 4.63. The van der Waals surface area contributed by atoms with Crippen LogP contribution in [0.3, 0.4) is 0 Å². The molecule has 0 radical (unpaired) electrons. The number of hydrogen-bond acceptors (Lipinski definition) is 2. The lowest BCUT2D eigenvalue weighted by Crippen LogP contribution is -2.27. The zero-order valence-corrected chi connectivity index (χ0v) is 10.7. The van der Waals surface area contributed by atoms with E-state index < -0.39 is 10.0 Å². The van der Waals surface area contributed by atoms with E-state index in [2.05, 4.69) is 26.0 Å². The summed E-state index contributed by atoms with van der Waals surface area (Å²) < 4.78 is 24.7. The molecule has 0 atom stereocenters.